The van der Waals surface area contributed by atoms with Crippen molar-refractivity contribution in [3.63, 3.8) is 0 Å². The number of rotatable bonds is 3. The van der Waals surface area contributed by atoms with Crippen molar-refractivity contribution in [1.82, 2.24) is 19.7 Å². The number of primary amides is 1. The molecule has 0 spiro atoms. The van der Waals surface area contributed by atoms with Gasteiger partial charge in [-0.2, -0.15) is 5.10 Å². The van der Waals surface area contributed by atoms with Crippen LogP contribution in [0.4, 0.5) is 0 Å². The number of hydrogen-bond acceptors (Lipinski definition) is 4. The zero-order valence-electron chi connectivity index (χ0n) is 15.3. The van der Waals surface area contributed by atoms with Gasteiger partial charge in [-0.15, -0.1) is 0 Å². The van der Waals surface area contributed by atoms with Gasteiger partial charge in [0.05, 0.1) is 17.5 Å². The third-order valence-electron chi connectivity index (χ3n) is 5.17. The molecule has 0 unspecified atom stereocenters. The highest BCUT2D eigenvalue weighted by molar-refractivity contribution is 6.00. The fourth-order valence-electron chi connectivity index (χ4n) is 3.69. The van der Waals surface area contributed by atoms with Crippen molar-refractivity contribution in [2.75, 3.05) is 0 Å². The van der Waals surface area contributed by atoms with Gasteiger partial charge >= 0.3 is 0 Å². The van der Waals surface area contributed by atoms with E-state index in [1.54, 1.807) is 28.8 Å². The molecule has 3 aromatic rings. The molecule has 0 radical (unpaired) electrons. The molecule has 1 atom stereocenters. The molecular formula is C20H21N5O2. The predicted molar refractivity (Wildman–Crippen MR) is 101 cm³/mol. The molecule has 0 bridgehead atoms. The van der Waals surface area contributed by atoms with Gasteiger partial charge in [0, 0.05) is 24.9 Å². The Labute approximate surface area is 156 Å². The third-order valence-corrected chi connectivity index (χ3v) is 5.17. The molecule has 27 heavy (non-hydrogen) atoms. The van der Waals surface area contributed by atoms with Gasteiger partial charge in [-0.25, -0.2) is 9.67 Å². The number of hydrogen-bond donors (Lipinski definition) is 1. The summed E-state index contributed by atoms with van der Waals surface area (Å²) >= 11 is 0. The Bertz CT molecular complexity index is 1060. The molecule has 2 amide bonds. The molecule has 4 rings (SSSR count). The first kappa shape index (κ1) is 17.2. The lowest BCUT2D eigenvalue weighted by Crippen LogP contribution is -2.51. The van der Waals surface area contributed by atoms with Crippen LogP contribution in [0.5, 0.6) is 0 Å². The normalized spacial score (nSPS) is 16.4. The van der Waals surface area contributed by atoms with Crippen molar-refractivity contribution in [3.05, 3.63) is 58.9 Å². The third kappa shape index (κ3) is 2.85. The topological polar surface area (TPSA) is 94.1 Å². The van der Waals surface area contributed by atoms with Crippen LogP contribution in [0, 0.1) is 6.92 Å². The largest absolute Gasteiger partial charge is 0.368 e. The van der Waals surface area contributed by atoms with Crippen molar-refractivity contribution < 1.29 is 9.59 Å². The zero-order valence-corrected chi connectivity index (χ0v) is 15.3. The Morgan fingerprint density at radius 2 is 2.00 bits per heavy atom. The average Bonchev–Trinajstić information content (AvgIpc) is 3.07. The summed E-state index contributed by atoms with van der Waals surface area (Å²) in [6, 6.07) is 8.96. The summed E-state index contributed by atoms with van der Waals surface area (Å²) in [4.78, 5) is 31.5. The van der Waals surface area contributed by atoms with E-state index < -0.39 is 11.9 Å². The molecule has 1 aliphatic rings. The Morgan fingerprint density at radius 1 is 1.26 bits per heavy atom. The smallest absolute Gasteiger partial charge is 0.256 e. The van der Waals surface area contributed by atoms with Crippen LogP contribution >= 0.6 is 0 Å². The molecule has 1 aliphatic heterocycles. The van der Waals surface area contributed by atoms with Crippen LogP contribution in [0.25, 0.3) is 11.0 Å². The fourth-order valence-corrected chi connectivity index (χ4v) is 3.69. The molecule has 138 valence electrons. The van der Waals surface area contributed by atoms with Gasteiger partial charge in [0.1, 0.15) is 6.04 Å². The van der Waals surface area contributed by atoms with Crippen molar-refractivity contribution in [2.24, 2.45) is 5.73 Å². The molecule has 0 saturated carbocycles. The molecule has 3 heterocycles. The average molecular weight is 363 g/mol. The van der Waals surface area contributed by atoms with E-state index in [9.17, 15) is 9.59 Å². The maximum atomic E-state index is 13.3. The summed E-state index contributed by atoms with van der Waals surface area (Å²) in [6.45, 7) is 4.85. The maximum absolute atomic E-state index is 13.3. The van der Waals surface area contributed by atoms with Crippen LogP contribution in [0.15, 0.2) is 36.5 Å². The number of fused-ring (bicyclic) bond motifs is 2. The van der Waals surface area contributed by atoms with Gasteiger partial charge in [0.25, 0.3) is 5.91 Å². The first-order valence-corrected chi connectivity index (χ1v) is 8.99. The van der Waals surface area contributed by atoms with Crippen LogP contribution in [-0.4, -0.2) is 37.5 Å². The molecule has 7 heteroatoms. The standard InChI is InChI=1S/C20H21N5O2/c1-3-25-19-15(10-22-25)8-16(12(2)23-19)20(27)24-11-14-7-5-4-6-13(14)9-17(24)18(21)26/h4-8,10,17H,3,9,11H2,1-2H3,(H2,21,26)/t17-/m0/s1. The summed E-state index contributed by atoms with van der Waals surface area (Å²) in [5, 5.41) is 5.10. The highest BCUT2D eigenvalue weighted by atomic mass is 16.2. The number of amides is 2. The zero-order chi connectivity index (χ0) is 19.1. The minimum absolute atomic E-state index is 0.232. The first-order valence-electron chi connectivity index (χ1n) is 8.99. The number of aromatic nitrogens is 3. The Balaban J connectivity index is 1.76. The molecule has 2 N–H and O–H groups in total. The highest BCUT2D eigenvalue weighted by Crippen LogP contribution is 2.26. The summed E-state index contributed by atoms with van der Waals surface area (Å²) in [5.74, 6) is -0.729. The Hall–Kier alpha value is -3.22. The van der Waals surface area contributed by atoms with Gasteiger partial charge in [-0.05, 0) is 31.0 Å². The van der Waals surface area contributed by atoms with Crippen LogP contribution in [0.3, 0.4) is 0 Å². The molecule has 1 aromatic carbocycles. The second-order valence-corrected chi connectivity index (χ2v) is 6.82. The summed E-state index contributed by atoms with van der Waals surface area (Å²) in [5.41, 5.74) is 9.55. The number of aryl methyl sites for hydroxylation is 2. The van der Waals surface area contributed by atoms with E-state index in [1.165, 1.54) is 0 Å². The molecule has 0 saturated heterocycles. The molecule has 7 nitrogen and oxygen atoms in total. The van der Waals surface area contributed by atoms with Gasteiger partial charge in [-0.1, -0.05) is 24.3 Å². The number of carbonyl (C=O) groups excluding carboxylic acids is 2. The number of nitrogens with two attached hydrogens (primary N) is 1. The molecule has 0 fully saturated rings. The SMILES string of the molecule is CCn1ncc2cc(C(=O)N3Cc4ccccc4C[C@H]3C(N)=O)c(C)nc21. The quantitative estimate of drug-likeness (QED) is 0.768. The van der Waals surface area contributed by atoms with Crippen LogP contribution < -0.4 is 5.73 Å². The molecular weight excluding hydrogens is 342 g/mol. The van der Waals surface area contributed by atoms with Gasteiger partial charge < -0.3 is 10.6 Å². The van der Waals surface area contributed by atoms with Crippen molar-refractivity contribution in [3.8, 4) is 0 Å². The molecule has 0 aliphatic carbocycles. The maximum Gasteiger partial charge on any atom is 0.256 e. The van der Waals surface area contributed by atoms with Gasteiger partial charge in [0.2, 0.25) is 5.91 Å². The van der Waals surface area contributed by atoms with Crippen molar-refractivity contribution >= 4 is 22.8 Å². The van der Waals surface area contributed by atoms with E-state index in [0.29, 0.717) is 30.8 Å². The second kappa shape index (κ2) is 6.50. The first-order chi connectivity index (χ1) is 13.0. The van der Waals surface area contributed by atoms with Crippen LogP contribution in [0.2, 0.25) is 0 Å². The van der Waals surface area contributed by atoms with E-state index in [4.69, 9.17) is 5.73 Å². The van der Waals surface area contributed by atoms with E-state index >= 15 is 0 Å². The van der Waals surface area contributed by atoms with Crippen LogP contribution in [0.1, 0.15) is 34.1 Å². The minimum atomic E-state index is -0.666. The summed E-state index contributed by atoms with van der Waals surface area (Å²) in [6.07, 6.45) is 2.14. The molecule has 2 aromatic heterocycles. The van der Waals surface area contributed by atoms with Crippen LogP contribution in [-0.2, 0) is 24.3 Å². The Morgan fingerprint density at radius 3 is 2.70 bits per heavy atom. The number of nitrogens with zero attached hydrogens (tertiary/aromatic N) is 4. The predicted octanol–water partition coefficient (Wildman–Crippen LogP) is 1.81. The van der Waals surface area contributed by atoms with Gasteiger partial charge in [-0.3, -0.25) is 9.59 Å². The number of benzene rings is 1. The van der Waals surface area contributed by atoms with E-state index in [-0.39, 0.29) is 5.91 Å². The summed E-state index contributed by atoms with van der Waals surface area (Å²) < 4.78 is 1.79. The number of pyridine rings is 1. The van der Waals surface area contributed by atoms with Gasteiger partial charge in [0.15, 0.2) is 5.65 Å². The van der Waals surface area contributed by atoms with Crippen molar-refractivity contribution in [2.45, 2.75) is 39.4 Å². The number of carbonyl (C=O) groups is 2. The Kier molecular flexibility index (Phi) is 4.14. The summed E-state index contributed by atoms with van der Waals surface area (Å²) in [7, 11) is 0. The lowest BCUT2D eigenvalue weighted by Gasteiger charge is -2.35. The second-order valence-electron chi connectivity index (χ2n) is 6.82. The lowest BCUT2D eigenvalue weighted by molar-refractivity contribution is -0.122. The lowest BCUT2D eigenvalue weighted by atomic mass is 9.93. The minimum Gasteiger partial charge on any atom is -0.368 e. The monoisotopic (exact) mass is 363 g/mol. The van der Waals surface area contributed by atoms with Crippen molar-refractivity contribution in [1.29, 1.82) is 0 Å². The fraction of sp³-hybridized carbons (Fsp3) is 0.300. The van der Waals surface area contributed by atoms with E-state index in [2.05, 4.69) is 10.1 Å². The van der Waals surface area contributed by atoms with E-state index in [0.717, 1.165) is 22.2 Å². The highest BCUT2D eigenvalue weighted by Gasteiger charge is 2.34. The van der Waals surface area contributed by atoms with E-state index in [1.807, 2.05) is 31.2 Å².